The second kappa shape index (κ2) is 3.01. The van der Waals surface area contributed by atoms with E-state index in [2.05, 4.69) is 4.57 Å². The number of hydrogen-bond donors (Lipinski definition) is 1. The van der Waals surface area contributed by atoms with Crippen LogP contribution in [0.5, 0.6) is 0 Å². The van der Waals surface area contributed by atoms with Crippen molar-refractivity contribution in [3.63, 3.8) is 0 Å². The lowest BCUT2D eigenvalue weighted by Gasteiger charge is -2.04. The summed E-state index contributed by atoms with van der Waals surface area (Å²) in [5.74, 6) is -0.345. The third-order valence-electron chi connectivity index (χ3n) is 2.16. The summed E-state index contributed by atoms with van der Waals surface area (Å²) in [5, 5.41) is 0. The summed E-state index contributed by atoms with van der Waals surface area (Å²) in [6, 6.07) is 1.83. The first kappa shape index (κ1) is 8.84. The molecule has 0 aliphatic rings. The molecule has 0 saturated carbocycles. The summed E-state index contributed by atoms with van der Waals surface area (Å²) in [4.78, 5) is 10.9. The standard InChI is InChI=1S/C9H14N2O/c1-4-11-6(2)5-8(7(11)3)9(10)12/h5H,4H2,1-3H3,(H2,10,12). The summed E-state index contributed by atoms with van der Waals surface area (Å²) in [6.45, 7) is 6.81. The molecule has 0 atom stereocenters. The van der Waals surface area contributed by atoms with Crippen LogP contribution in [0.3, 0.4) is 0 Å². The maximum absolute atomic E-state index is 10.9. The fourth-order valence-corrected chi connectivity index (χ4v) is 1.54. The second-order valence-corrected chi connectivity index (χ2v) is 2.89. The normalized spacial score (nSPS) is 10.2. The highest BCUT2D eigenvalue weighted by Gasteiger charge is 2.10. The van der Waals surface area contributed by atoms with E-state index in [1.807, 2.05) is 26.8 Å². The van der Waals surface area contributed by atoms with Crippen molar-refractivity contribution in [3.8, 4) is 0 Å². The Labute approximate surface area is 72.2 Å². The SMILES string of the molecule is CCn1c(C)cc(C(N)=O)c1C. The molecule has 3 heteroatoms. The van der Waals surface area contributed by atoms with Crippen molar-refractivity contribution in [2.75, 3.05) is 0 Å². The van der Waals surface area contributed by atoms with Crippen LogP contribution in [0.1, 0.15) is 28.7 Å². The first-order chi connectivity index (χ1) is 5.57. The van der Waals surface area contributed by atoms with Gasteiger partial charge in [0.25, 0.3) is 5.91 Å². The van der Waals surface area contributed by atoms with Crippen molar-refractivity contribution in [1.82, 2.24) is 4.57 Å². The molecular weight excluding hydrogens is 152 g/mol. The lowest BCUT2D eigenvalue weighted by Crippen LogP contribution is -2.12. The van der Waals surface area contributed by atoms with Gasteiger partial charge in [-0.05, 0) is 26.8 Å². The summed E-state index contributed by atoms with van der Waals surface area (Å²) < 4.78 is 2.07. The molecule has 0 aliphatic heterocycles. The molecule has 0 spiro atoms. The number of nitrogens with zero attached hydrogens (tertiary/aromatic N) is 1. The van der Waals surface area contributed by atoms with Gasteiger partial charge in [0.05, 0.1) is 5.56 Å². The van der Waals surface area contributed by atoms with Crippen molar-refractivity contribution in [2.45, 2.75) is 27.3 Å². The number of carbonyl (C=O) groups excluding carboxylic acids is 1. The van der Waals surface area contributed by atoms with Crippen molar-refractivity contribution >= 4 is 5.91 Å². The summed E-state index contributed by atoms with van der Waals surface area (Å²) in [5.41, 5.74) is 7.88. The van der Waals surface area contributed by atoms with E-state index < -0.39 is 0 Å². The van der Waals surface area contributed by atoms with E-state index in [4.69, 9.17) is 5.73 Å². The monoisotopic (exact) mass is 166 g/mol. The fraction of sp³-hybridized carbons (Fsp3) is 0.444. The first-order valence-electron chi connectivity index (χ1n) is 4.04. The molecule has 0 unspecified atom stereocenters. The molecule has 0 aromatic carbocycles. The molecule has 0 aliphatic carbocycles. The summed E-state index contributed by atoms with van der Waals surface area (Å²) >= 11 is 0. The molecule has 1 amide bonds. The van der Waals surface area contributed by atoms with Gasteiger partial charge < -0.3 is 10.3 Å². The third kappa shape index (κ3) is 1.22. The Morgan fingerprint density at radius 2 is 2.17 bits per heavy atom. The van der Waals surface area contributed by atoms with E-state index in [-0.39, 0.29) is 5.91 Å². The lowest BCUT2D eigenvalue weighted by molar-refractivity contribution is 0.0999. The maximum atomic E-state index is 10.9. The Hall–Kier alpha value is -1.25. The number of aryl methyl sites for hydroxylation is 1. The van der Waals surface area contributed by atoms with E-state index in [1.54, 1.807) is 0 Å². The van der Waals surface area contributed by atoms with Crippen LogP contribution in [0.25, 0.3) is 0 Å². The first-order valence-corrected chi connectivity index (χ1v) is 4.04. The van der Waals surface area contributed by atoms with Crippen LogP contribution >= 0.6 is 0 Å². The zero-order valence-corrected chi connectivity index (χ0v) is 7.72. The average molecular weight is 166 g/mol. The van der Waals surface area contributed by atoms with Gasteiger partial charge in [-0.1, -0.05) is 0 Å². The molecule has 12 heavy (non-hydrogen) atoms. The Bertz CT molecular complexity index is 313. The largest absolute Gasteiger partial charge is 0.366 e. The zero-order chi connectivity index (χ0) is 9.30. The molecule has 1 aromatic heterocycles. The second-order valence-electron chi connectivity index (χ2n) is 2.89. The van der Waals surface area contributed by atoms with Crippen LogP contribution in [0.4, 0.5) is 0 Å². The van der Waals surface area contributed by atoms with Crippen LogP contribution in [-0.4, -0.2) is 10.5 Å². The van der Waals surface area contributed by atoms with Crippen LogP contribution in [0, 0.1) is 13.8 Å². The Balaban J connectivity index is 3.26. The van der Waals surface area contributed by atoms with Crippen molar-refractivity contribution in [1.29, 1.82) is 0 Å². The maximum Gasteiger partial charge on any atom is 0.250 e. The minimum absolute atomic E-state index is 0.345. The van der Waals surface area contributed by atoms with E-state index in [1.165, 1.54) is 0 Å². The van der Waals surface area contributed by atoms with Gasteiger partial charge in [0, 0.05) is 17.9 Å². The lowest BCUT2D eigenvalue weighted by atomic mass is 10.2. The van der Waals surface area contributed by atoms with Crippen LogP contribution < -0.4 is 5.73 Å². The zero-order valence-electron chi connectivity index (χ0n) is 7.72. The van der Waals surface area contributed by atoms with Crippen molar-refractivity contribution in [3.05, 3.63) is 23.0 Å². The van der Waals surface area contributed by atoms with E-state index >= 15 is 0 Å². The average Bonchev–Trinajstić information content (AvgIpc) is 2.27. The van der Waals surface area contributed by atoms with Gasteiger partial charge >= 0.3 is 0 Å². The smallest absolute Gasteiger partial charge is 0.250 e. The molecule has 66 valence electrons. The number of nitrogens with two attached hydrogens (primary N) is 1. The number of rotatable bonds is 2. The van der Waals surface area contributed by atoms with Crippen LogP contribution in [0.15, 0.2) is 6.07 Å². The van der Waals surface area contributed by atoms with Crippen molar-refractivity contribution < 1.29 is 4.79 Å². The number of carbonyl (C=O) groups is 1. The van der Waals surface area contributed by atoms with Crippen LogP contribution in [-0.2, 0) is 6.54 Å². The van der Waals surface area contributed by atoms with Gasteiger partial charge in [-0.25, -0.2) is 0 Å². The van der Waals surface area contributed by atoms with Gasteiger partial charge in [-0.3, -0.25) is 4.79 Å². The highest BCUT2D eigenvalue weighted by atomic mass is 16.1. The van der Waals surface area contributed by atoms with Gasteiger partial charge in [0.15, 0.2) is 0 Å². The number of primary amides is 1. The molecular formula is C9H14N2O. The quantitative estimate of drug-likeness (QED) is 0.705. The molecule has 3 nitrogen and oxygen atoms in total. The fourth-order valence-electron chi connectivity index (χ4n) is 1.54. The molecule has 0 saturated heterocycles. The Kier molecular flexibility index (Phi) is 2.22. The van der Waals surface area contributed by atoms with E-state index in [9.17, 15) is 4.79 Å². The Morgan fingerprint density at radius 3 is 2.42 bits per heavy atom. The highest BCUT2D eigenvalue weighted by Crippen LogP contribution is 2.13. The Morgan fingerprint density at radius 1 is 1.58 bits per heavy atom. The van der Waals surface area contributed by atoms with E-state index in [0.717, 1.165) is 17.9 Å². The molecule has 0 radical (unpaired) electrons. The molecule has 0 bridgehead atoms. The van der Waals surface area contributed by atoms with Gasteiger partial charge in [-0.2, -0.15) is 0 Å². The number of aromatic nitrogens is 1. The van der Waals surface area contributed by atoms with Crippen LogP contribution in [0.2, 0.25) is 0 Å². The van der Waals surface area contributed by atoms with Crippen molar-refractivity contribution in [2.24, 2.45) is 5.73 Å². The predicted octanol–water partition coefficient (Wildman–Crippen LogP) is 1.22. The summed E-state index contributed by atoms with van der Waals surface area (Å²) in [6.07, 6.45) is 0. The molecule has 0 fully saturated rings. The number of amides is 1. The molecule has 1 rings (SSSR count). The highest BCUT2D eigenvalue weighted by molar-refractivity contribution is 5.94. The minimum atomic E-state index is -0.345. The van der Waals surface area contributed by atoms with Gasteiger partial charge in [0.2, 0.25) is 0 Å². The van der Waals surface area contributed by atoms with E-state index in [0.29, 0.717) is 5.56 Å². The summed E-state index contributed by atoms with van der Waals surface area (Å²) in [7, 11) is 0. The minimum Gasteiger partial charge on any atom is -0.366 e. The molecule has 1 heterocycles. The van der Waals surface area contributed by atoms with Gasteiger partial charge in [0.1, 0.15) is 0 Å². The van der Waals surface area contributed by atoms with Gasteiger partial charge in [-0.15, -0.1) is 0 Å². The predicted molar refractivity (Wildman–Crippen MR) is 48.1 cm³/mol. The third-order valence-corrected chi connectivity index (χ3v) is 2.16. The number of hydrogen-bond acceptors (Lipinski definition) is 1. The topological polar surface area (TPSA) is 48.0 Å². The molecule has 1 aromatic rings. The molecule has 2 N–H and O–H groups in total.